The van der Waals surface area contributed by atoms with Gasteiger partial charge in [0.1, 0.15) is 11.6 Å². The van der Waals surface area contributed by atoms with Gasteiger partial charge in [0.05, 0.1) is 18.1 Å². The highest BCUT2D eigenvalue weighted by molar-refractivity contribution is 5.73. The highest BCUT2D eigenvalue weighted by atomic mass is 16.2. The van der Waals surface area contributed by atoms with Crippen LogP contribution in [0.5, 0.6) is 0 Å². The molecule has 0 aliphatic carbocycles. The zero-order chi connectivity index (χ0) is 16.1. The second kappa shape index (κ2) is 7.17. The zero-order valence-electron chi connectivity index (χ0n) is 13.3. The Hall–Kier alpha value is -2.50. The first-order chi connectivity index (χ1) is 11.2. The summed E-state index contributed by atoms with van der Waals surface area (Å²) in [5, 5.41) is 3.12. The fourth-order valence-electron chi connectivity index (χ4n) is 2.91. The summed E-state index contributed by atoms with van der Waals surface area (Å²) >= 11 is 0. The SMILES string of the molecule is CC(=O)N1CCCC(Cc2cnc(Nc3ccccn3)cn2)C1. The van der Waals surface area contributed by atoms with Crippen molar-refractivity contribution in [2.24, 2.45) is 5.92 Å². The number of hydrogen-bond donors (Lipinski definition) is 1. The second-order valence-electron chi connectivity index (χ2n) is 5.91. The highest BCUT2D eigenvalue weighted by Gasteiger charge is 2.22. The van der Waals surface area contributed by atoms with Gasteiger partial charge in [-0.25, -0.2) is 9.97 Å². The van der Waals surface area contributed by atoms with E-state index < -0.39 is 0 Å². The third kappa shape index (κ3) is 4.25. The van der Waals surface area contributed by atoms with E-state index in [1.807, 2.05) is 23.1 Å². The first-order valence-corrected chi connectivity index (χ1v) is 7.95. The molecule has 3 heterocycles. The van der Waals surface area contributed by atoms with Crippen LogP contribution in [0.4, 0.5) is 11.6 Å². The number of nitrogens with one attached hydrogen (secondary N) is 1. The molecule has 3 rings (SSSR count). The topological polar surface area (TPSA) is 71.0 Å². The van der Waals surface area contributed by atoms with Gasteiger partial charge < -0.3 is 10.2 Å². The molecule has 0 aromatic carbocycles. The van der Waals surface area contributed by atoms with Crippen LogP contribution in [0.25, 0.3) is 0 Å². The van der Waals surface area contributed by atoms with Crippen molar-refractivity contribution in [2.75, 3.05) is 18.4 Å². The van der Waals surface area contributed by atoms with Gasteiger partial charge in [-0.3, -0.25) is 9.78 Å². The molecule has 0 saturated carbocycles. The van der Waals surface area contributed by atoms with Gasteiger partial charge in [0.25, 0.3) is 0 Å². The minimum Gasteiger partial charge on any atom is -0.343 e. The molecule has 1 fully saturated rings. The van der Waals surface area contributed by atoms with Crippen LogP contribution in [0.3, 0.4) is 0 Å². The summed E-state index contributed by atoms with van der Waals surface area (Å²) < 4.78 is 0. The lowest BCUT2D eigenvalue weighted by atomic mass is 9.93. The summed E-state index contributed by atoms with van der Waals surface area (Å²) in [5.41, 5.74) is 0.965. The maximum Gasteiger partial charge on any atom is 0.219 e. The van der Waals surface area contributed by atoms with E-state index in [1.165, 1.54) is 0 Å². The fourth-order valence-corrected chi connectivity index (χ4v) is 2.91. The lowest BCUT2D eigenvalue weighted by molar-refractivity contribution is -0.130. The Morgan fingerprint density at radius 1 is 1.26 bits per heavy atom. The first-order valence-electron chi connectivity index (χ1n) is 7.95. The number of aromatic nitrogens is 3. The molecule has 23 heavy (non-hydrogen) atoms. The molecule has 1 saturated heterocycles. The fraction of sp³-hybridized carbons (Fsp3) is 0.412. The number of carbonyl (C=O) groups excluding carboxylic acids is 1. The van der Waals surface area contributed by atoms with Crippen LogP contribution >= 0.6 is 0 Å². The van der Waals surface area contributed by atoms with Crippen LogP contribution in [0.1, 0.15) is 25.5 Å². The van der Waals surface area contributed by atoms with E-state index in [0.29, 0.717) is 11.7 Å². The number of pyridine rings is 1. The Morgan fingerprint density at radius 2 is 2.17 bits per heavy atom. The van der Waals surface area contributed by atoms with Crippen molar-refractivity contribution in [3.05, 3.63) is 42.5 Å². The standard InChI is InChI=1S/C17H21N5O/c1-13(23)22-8-4-5-14(12-22)9-15-10-20-17(11-19-15)21-16-6-2-3-7-18-16/h2-3,6-7,10-11,14H,4-5,8-9,12H2,1H3,(H,18,20,21). The quantitative estimate of drug-likeness (QED) is 0.939. The predicted octanol–water partition coefficient (Wildman–Crippen LogP) is 2.42. The molecule has 0 spiro atoms. The lowest BCUT2D eigenvalue weighted by Gasteiger charge is -2.31. The third-order valence-electron chi connectivity index (χ3n) is 4.09. The van der Waals surface area contributed by atoms with E-state index in [4.69, 9.17) is 0 Å². The zero-order valence-corrected chi connectivity index (χ0v) is 13.3. The van der Waals surface area contributed by atoms with Crippen molar-refractivity contribution in [3.63, 3.8) is 0 Å². The summed E-state index contributed by atoms with van der Waals surface area (Å²) in [6.07, 6.45) is 8.33. The van der Waals surface area contributed by atoms with Crippen LogP contribution in [0.2, 0.25) is 0 Å². The van der Waals surface area contributed by atoms with E-state index in [0.717, 1.165) is 43.9 Å². The molecule has 6 heteroatoms. The van der Waals surface area contributed by atoms with Crippen molar-refractivity contribution in [3.8, 4) is 0 Å². The molecule has 2 aromatic rings. The maximum absolute atomic E-state index is 11.5. The normalized spacial score (nSPS) is 17.8. The number of anilines is 2. The summed E-state index contributed by atoms with van der Waals surface area (Å²) in [5.74, 6) is 2.06. The Kier molecular flexibility index (Phi) is 4.80. The Balaban J connectivity index is 1.58. The van der Waals surface area contributed by atoms with Gasteiger partial charge in [-0.15, -0.1) is 0 Å². The molecule has 1 N–H and O–H groups in total. The summed E-state index contributed by atoms with van der Waals surface area (Å²) in [7, 11) is 0. The molecule has 6 nitrogen and oxygen atoms in total. The van der Waals surface area contributed by atoms with Crippen LogP contribution in [0.15, 0.2) is 36.8 Å². The number of rotatable bonds is 4. The number of nitrogens with zero attached hydrogens (tertiary/aromatic N) is 4. The Morgan fingerprint density at radius 3 is 2.87 bits per heavy atom. The van der Waals surface area contributed by atoms with Crippen molar-refractivity contribution >= 4 is 17.5 Å². The number of likely N-dealkylation sites (tertiary alicyclic amines) is 1. The van der Waals surface area contributed by atoms with E-state index >= 15 is 0 Å². The minimum absolute atomic E-state index is 0.163. The van der Waals surface area contributed by atoms with Gasteiger partial charge in [-0.05, 0) is 37.3 Å². The van der Waals surface area contributed by atoms with Gasteiger partial charge in [0.15, 0.2) is 0 Å². The Bertz CT molecular complexity index is 644. The Labute approximate surface area is 136 Å². The molecule has 2 aromatic heterocycles. The molecule has 1 unspecified atom stereocenters. The average Bonchev–Trinajstić information content (AvgIpc) is 2.58. The van der Waals surface area contributed by atoms with Crippen LogP contribution in [-0.2, 0) is 11.2 Å². The van der Waals surface area contributed by atoms with Gasteiger partial charge in [-0.1, -0.05) is 6.07 Å². The molecular formula is C17H21N5O. The van der Waals surface area contributed by atoms with E-state index in [-0.39, 0.29) is 5.91 Å². The number of piperidine rings is 1. The lowest BCUT2D eigenvalue weighted by Crippen LogP contribution is -2.39. The predicted molar refractivity (Wildman–Crippen MR) is 88.2 cm³/mol. The highest BCUT2D eigenvalue weighted by Crippen LogP contribution is 2.20. The summed E-state index contributed by atoms with van der Waals surface area (Å²) in [4.78, 5) is 26.5. The maximum atomic E-state index is 11.5. The molecule has 1 aliphatic heterocycles. The van der Waals surface area contributed by atoms with Gasteiger partial charge in [0.2, 0.25) is 5.91 Å². The second-order valence-corrected chi connectivity index (χ2v) is 5.91. The molecular weight excluding hydrogens is 290 g/mol. The van der Waals surface area contributed by atoms with Gasteiger partial charge >= 0.3 is 0 Å². The van der Waals surface area contributed by atoms with Crippen molar-refractivity contribution in [1.29, 1.82) is 0 Å². The van der Waals surface area contributed by atoms with Crippen molar-refractivity contribution in [1.82, 2.24) is 19.9 Å². The summed E-state index contributed by atoms with van der Waals surface area (Å²) in [6.45, 7) is 3.34. The monoisotopic (exact) mass is 311 g/mol. The first kappa shape index (κ1) is 15.4. The molecule has 0 radical (unpaired) electrons. The minimum atomic E-state index is 0.163. The molecule has 1 amide bonds. The van der Waals surface area contributed by atoms with Gasteiger partial charge in [0, 0.05) is 26.2 Å². The van der Waals surface area contributed by atoms with Crippen LogP contribution < -0.4 is 5.32 Å². The van der Waals surface area contributed by atoms with Crippen LogP contribution in [-0.4, -0.2) is 38.8 Å². The molecule has 1 aliphatic rings. The molecule has 0 bridgehead atoms. The smallest absolute Gasteiger partial charge is 0.219 e. The molecule has 1 atom stereocenters. The summed E-state index contributed by atoms with van der Waals surface area (Å²) in [6, 6.07) is 5.67. The number of amides is 1. The average molecular weight is 311 g/mol. The largest absolute Gasteiger partial charge is 0.343 e. The molecule has 120 valence electrons. The van der Waals surface area contributed by atoms with Crippen molar-refractivity contribution in [2.45, 2.75) is 26.2 Å². The van der Waals surface area contributed by atoms with Gasteiger partial charge in [-0.2, -0.15) is 0 Å². The van der Waals surface area contributed by atoms with Crippen molar-refractivity contribution < 1.29 is 4.79 Å². The number of hydrogen-bond acceptors (Lipinski definition) is 5. The van der Waals surface area contributed by atoms with E-state index in [2.05, 4.69) is 20.3 Å². The van der Waals surface area contributed by atoms with Crippen LogP contribution in [0, 0.1) is 5.92 Å². The van der Waals surface area contributed by atoms with E-state index in [1.54, 1.807) is 25.5 Å². The number of carbonyl (C=O) groups is 1. The third-order valence-corrected chi connectivity index (χ3v) is 4.09. The van der Waals surface area contributed by atoms with E-state index in [9.17, 15) is 4.79 Å².